The quantitative estimate of drug-likeness (QED) is 0.570. The van der Waals surface area contributed by atoms with Crippen LogP contribution in [0.25, 0.3) is 5.69 Å². The van der Waals surface area contributed by atoms with Crippen LogP contribution in [0.15, 0.2) is 69.3 Å². The standard InChI is InChI=1S/C17H15N3O4S/c1-12-16(17(21)20(19-12)14-5-3-2-4-6-14)11-18-13-7-9-15(10-8-13)25(22,23)24/h2-11,19H,1H3,(H,22,23,24)/p-1. The van der Waals surface area contributed by atoms with Gasteiger partial charge in [0.05, 0.1) is 21.8 Å². The van der Waals surface area contributed by atoms with Gasteiger partial charge in [-0.25, -0.2) is 13.1 Å². The van der Waals surface area contributed by atoms with Gasteiger partial charge in [-0.05, 0) is 43.3 Å². The molecule has 25 heavy (non-hydrogen) atoms. The first-order valence-corrected chi connectivity index (χ1v) is 8.74. The SMILES string of the molecule is Cc1[nH]n(-c2ccccc2)c(=O)c1C=Nc1ccc(S(=O)(=O)[O-])cc1. The summed E-state index contributed by atoms with van der Waals surface area (Å²) >= 11 is 0. The van der Waals surface area contributed by atoms with E-state index in [1.807, 2.05) is 18.2 Å². The second-order valence-electron chi connectivity index (χ2n) is 5.33. The molecule has 128 valence electrons. The monoisotopic (exact) mass is 356 g/mol. The molecule has 0 bridgehead atoms. The van der Waals surface area contributed by atoms with Crippen LogP contribution in [0, 0.1) is 6.92 Å². The van der Waals surface area contributed by atoms with Crippen molar-refractivity contribution in [2.24, 2.45) is 4.99 Å². The highest BCUT2D eigenvalue weighted by atomic mass is 32.2. The van der Waals surface area contributed by atoms with E-state index in [2.05, 4.69) is 10.1 Å². The number of rotatable bonds is 4. The summed E-state index contributed by atoms with van der Waals surface area (Å²) in [4.78, 5) is 16.4. The van der Waals surface area contributed by atoms with Gasteiger partial charge < -0.3 is 4.55 Å². The Morgan fingerprint density at radius 3 is 2.32 bits per heavy atom. The van der Waals surface area contributed by atoms with Crippen LogP contribution in [0.2, 0.25) is 0 Å². The van der Waals surface area contributed by atoms with Crippen LogP contribution in [0.4, 0.5) is 5.69 Å². The van der Waals surface area contributed by atoms with Gasteiger partial charge >= 0.3 is 0 Å². The Labute approximate surface area is 144 Å². The zero-order valence-corrected chi connectivity index (χ0v) is 14.0. The third-order valence-corrected chi connectivity index (χ3v) is 4.45. The van der Waals surface area contributed by atoms with Crippen molar-refractivity contribution in [2.45, 2.75) is 11.8 Å². The van der Waals surface area contributed by atoms with Crippen molar-refractivity contribution in [2.75, 3.05) is 0 Å². The van der Waals surface area contributed by atoms with Gasteiger partial charge in [0.25, 0.3) is 5.56 Å². The van der Waals surface area contributed by atoms with Crippen LogP contribution in [0.1, 0.15) is 11.3 Å². The molecule has 0 radical (unpaired) electrons. The molecule has 0 saturated heterocycles. The topological polar surface area (TPSA) is 107 Å². The number of H-pyrrole nitrogens is 1. The fourth-order valence-corrected chi connectivity index (χ4v) is 2.78. The summed E-state index contributed by atoms with van der Waals surface area (Å²) in [7, 11) is -4.49. The summed E-state index contributed by atoms with van der Waals surface area (Å²) in [5.74, 6) is 0. The van der Waals surface area contributed by atoms with Crippen molar-refractivity contribution in [1.82, 2.24) is 9.78 Å². The van der Waals surface area contributed by atoms with E-state index in [1.165, 1.54) is 35.2 Å². The molecule has 0 aliphatic heterocycles. The Bertz CT molecular complexity index is 1080. The largest absolute Gasteiger partial charge is 0.744 e. The molecule has 0 atom stereocenters. The molecule has 8 heteroatoms. The van der Waals surface area contributed by atoms with Crippen LogP contribution in [-0.2, 0) is 10.1 Å². The molecule has 0 fully saturated rings. The molecule has 0 aliphatic rings. The first-order chi connectivity index (χ1) is 11.9. The Balaban J connectivity index is 1.92. The summed E-state index contributed by atoms with van der Waals surface area (Å²) < 4.78 is 34.1. The average Bonchev–Trinajstić information content (AvgIpc) is 2.88. The molecular weight excluding hydrogens is 342 g/mol. The van der Waals surface area contributed by atoms with Crippen LogP contribution in [-0.4, -0.2) is 29.0 Å². The van der Waals surface area contributed by atoms with Gasteiger partial charge in [0.1, 0.15) is 10.1 Å². The first kappa shape index (κ1) is 16.9. The summed E-state index contributed by atoms with van der Waals surface area (Å²) in [6.07, 6.45) is 1.41. The Morgan fingerprint density at radius 1 is 1.08 bits per heavy atom. The van der Waals surface area contributed by atoms with Crippen molar-refractivity contribution < 1.29 is 13.0 Å². The Kier molecular flexibility index (Phi) is 4.39. The molecule has 0 aliphatic carbocycles. The lowest BCUT2D eigenvalue weighted by Crippen LogP contribution is -2.17. The van der Waals surface area contributed by atoms with Crippen molar-refractivity contribution in [1.29, 1.82) is 0 Å². The smallest absolute Gasteiger partial charge is 0.280 e. The van der Waals surface area contributed by atoms with Crippen LogP contribution >= 0.6 is 0 Å². The number of hydrogen-bond donors (Lipinski definition) is 1. The maximum absolute atomic E-state index is 12.5. The maximum Gasteiger partial charge on any atom is 0.280 e. The lowest BCUT2D eigenvalue weighted by molar-refractivity contribution is 0.463. The highest BCUT2D eigenvalue weighted by Gasteiger charge is 2.10. The summed E-state index contributed by atoms with van der Waals surface area (Å²) in [6.45, 7) is 1.76. The number of benzene rings is 2. The third-order valence-electron chi connectivity index (χ3n) is 3.60. The van der Waals surface area contributed by atoms with Gasteiger partial charge in [-0.3, -0.25) is 14.9 Å². The fraction of sp³-hybridized carbons (Fsp3) is 0.0588. The van der Waals surface area contributed by atoms with E-state index in [0.29, 0.717) is 22.6 Å². The van der Waals surface area contributed by atoms with Gasteiger partial charge in [-0.15, -0.1) is 0 Å². The number of para-hydroxylation sites is 1. The van der Waals surface area contributed by atoms with Crippen molar-refractivity contribution >= 4 is 22.0 Å². The Morgan fingerprint density at radius 2 is 1.72 bits per heavy atom. The maximum atomic E-state index is 12.5. The molecular formula is C17H14N3O4S-. The highest BCUT2D eigenvalue weighted by molar-refractivity contribution is 7.85. The van der Waals surface area contributed by atoms with Gasteiger partial charge in [0.15, 0.2) is 0 Å². The first-order valence-electron chi connectivity index (χ1n) is 7.33. The van der Waals surface area contributed by atoms with E-state index in [-0.39, 0.29) is 10.5 Å². The predicted octanol–water partition coefficient (Wildman–Crippen LogP) is 2.13. The third kappa shape index (κ3) is 3.59. The van der Waals surface area contributed by atoms with Crippen molar-refractivity contribution in [3.05, 3.63) is 76.2 Å². The van der Waals surface area contributed by atoms with Crippen LogP contribution in [0.3, 0.4) is 0 Å². The molecule has 0 saturated carbocycles. The molecule has 3 rings (SSSR count). The van der Waals surface area contributed by atoms with Crippen LogP contribution in [0.5, 0.6) is 0 Å². The second-order valence-corrected chi connectivity index (χ2v) is 6.71. The van der Waals surface area contributed by atoms with Gasteiger partial charge in [0, 0.05) is 11.9 Å². The van der Waals surface area contributed by atoms with Gasteiger partial charge in [-0.2, -0.15) is 0 Å². The number of nitrogens with one attached hydrogen (secondary N) is 1. The van der Waals surface area contributed by atoms with Crippen LogP contribution < -0.4 is 5.56 Å². The molecule has 0 spiro atoms. The number of hydrogen-bond acceptors (Lipinski definition) is 5. The number of aryl methyl sites for hydroxylation is 1. The fourth-order valence-electron chi connectivity index (χ4n) is 2.31. The average molecular weight is 356 g/mol. The number of nitrogens with zero attached hydrogens (tertiary/aromatic N) is 2. The molecule has 2 aromatic carbocycles. The molecule has 1 aromatic heterocycles. The Hall–Kier alpha value is -2.97. The summed E-state index contributed by atoms with van der Waals surface area (Å²) in [5.41, 5.74) is 1.94. The molecule has 3 aromatic rings. The highest BCUT2D eigenvalue weighted by Crippen LogP contribution is 2.16. The predicted molar refractivity (Wildman–Crippen MR) is 92.8 cm³/mol. The minimum Gasteiger partial charge on any atom is -0.744 e. The lowest BCUT2D eigenvalue weighted by atomic mass is 10.2. The molecule has 7 nitrogen and oxygen atoms in total. The van der Waals surface area contributed by atoms with Gasteiger partial charge in [0.2, 0.25) is 0 Å². The van der Waals surface area contributed by atoms with E-state index in [0.717, 1.165) is 0 Å². The van der Waals surface area contributed by atoms with E-state index >= 15 is 0 Å². The van der Waals surface area contributed by atoms with Crippen molar-refractivity contribution in [3.8, 4) is 5.69 Å². The number of aromatic amines is 1. The zero-order valence-electron chi connectivity index (χ0n) is 13.2. The molecule has 0 amide bonds. The minimum atomic E-state index is -4.49. The summed E-state index contributed by atoms with van der Waals surface area (Å²) in [6, 6.07) is 14.3. The van der Waals surface area contributed by atoms with E-state index in [1.54, 1.807) is 19.1 Å². The zero-order chi connectivity index (χ0) is 18.0. The molecule has 0 unspecified atom stereocenters. The van der Waals surface area contributed by atoms with Gasteiger partial charge in [-0.1, -0.05) is 18.2 Å². The van der Waals surface area contributed by atoms with E-state index in [4.69, 9.17) is 0 Å². The molecule has 1 heterocycles. The number of aromatic nitrogens is 2. The summed E-state index contributed by atoms with van der Waals surface area (Å²) in [5, 5.41) is 2.99. The van der Waals surface area contributed by atoms with E-state index < -0.39 is 10.1 Å². The van der Waals surface area contributed by atoms with Crippen molar-refractivity contribution in [3.63, 3.8) is 0 Å². The minimum absolute atomic E-state index is 0.244. The normalized spacial score (nSPS) is 11.9. The second kappa shape index (κ2) is 6.50. The van der Waals surface area contributed by atoms with E-state index in [9.17, 15) is 17.8 Å². The number of aliphatic imine (C=N–C) groups is 1. The molecule has 1 N–H and O–H groups in total. The lowest BCUT2D eigenvalue weighted by Gasteiger charge is -2.05.